The predicted octanol–water partition coefficient (Wildman–Crippen LogP) is 2.74. The third-order valence-electron chi connectivity index (χ3n) is 4.67. The van der Waals surface area contributed by atoms with Crippen molar-refractivity contribution in [2.45, 2.75) is 0 Å². The van der Waals surface area contributed by atoms with Gasteiger partial charge in [-0.2, -0.15) is 0 Å². The van der Waals surface area contributed by atoms with E-state index in [0.717, 1.165) is 5.56 Å². The number of anilines is 1. The van der Waals surface area contributed by atoms with Crippen LogP contribution in [-0.4, -0.2) is 56.7 Å². The maximum absolute atomic E-state index is 13.9. The Morgan fingerprint density at radius 3 is 2.55 bits per heavy atom. The molecule has 0 bridgehead atoms. The molecule has 152 valence electrons. The number of piperazine rings is 1. The summed E-state index contributed by atoms with van der Waals surface area (Å²) < 4.78 is 24.1. The number of carbonyl (C=O) groups excluding carboxylic acids is 2. The average molecular weight is 398 g/mol. The smallest absolute Gasteiger partial charge is 0.331 e. The lowest BCUT2D eigenvalue weighted by atomic mass is 10.2. The second kappa shape index (κ2) is 9.73. The number of methoxy groups -OCH3 is 1. The zero-order chi connectivity index (χ0) is 20.6. The summed E-state index contributed by atoms with van der Waals surface area (Å²) in [6.07, 6.45) is 2.88. The number of para-hydroxylation sites is 1. The van der Waals surface area contributed by atoms with Crippen LogP contribution in [0.1, 0.15) is 5.56 Å². The van der Waals surface area contributed by atoms with Crippen LogP contribution >= 0.6 is 0 Å². The second-order valence-corrected chi connectivity index (χ2v) is 6.54. The van der Waals surface area contributed by atoms with Crippen molar-refractivity contribution in [2.75, 3.05) is 44.8 Å². The van der Waals surface area contributed by atoms with Gasteiger partial charge in [0.2, 0.25) is 0 Å². The van der Waals surface area contributed by atoms with Gasteiger partial charge in [0, 0.05) is 32.3 Å². The van der Waals surface area contributed by atoms with Gasteiger partial charge >= 0.3 is 5.97 Å². The first-order valence-corrected chi connectivity index (χ1v) is 9.33. The highest BCUT2D eigenvalue weighted by atomic mass is 19.1. The maximum atomic E-state index is 13.9. The minimum atomic E-state index is -0.592. The summed E-state index contributed by atoms with van der Waals surface area (Å²) in [5, 5.41) is 0. The van der Waals surface area contributed by atoms with Crippen LogP contribution in [0.5, 0.6) is 5.75 Å². The Balaban J connectivity index is 1.44. The number of hydrogen-bond acceptors (Lipinski definition) is 5. The van der Waals surface area contributed by atoms with E-state index in [9.17, 15) is 14.0 Å². The molecule has 0 N–H and O–H groups in total. The molecule has 2 aromatic rings. The third-order valence-corrected chi connectivity index (χ3v) is 4.67. The van der Waals surface area contributed by atoms with Crippen LogP contribution in [-0.2, 0) is 14.3 Å². The van der Waals surface area contributed by atoms with E-state index in [1.807, 2.05) is 17.0 Å². The zero-order valence-corrected chi connectivity index (χ0v) is 16.2. The van der Waals surface area contributed by atoms with Gasteiger partial charge in [0.25, 0.3) is 5.91 Å². The number of rotatable bonds is 6. The minimum absolute atomic E-state index is 0.263. The van der Waals surface area contributed by atoms with Crippen molar-refractivity contribution in [3.63, 3.8) is 0 Å². The van der Waals surface area contributed by atoms with Crippen molar-refractivity contribution < 1.29 is 23.5 Å². The lowest BCUT2D eigenvalue weighted by Crippen LogP contribution is -2.50. The first kappa shape index (κ1) is 20.4. The molecule has 0 aliphatic carbocycles. The number of esters is 1. The third kappa shape index (κ3) is 5.57. The summed E-state index contributed by atoms with van der Waals surface area (Å²) in [6, 6.07) is 13.8. The van der Waals surface area contributed by atoms with Gasteiger partial charge in [-0.05, 0) is 35.9 Å². The lowest BCUT2D eigenvalue weighted by molar-refractivity contribution is -0.148. The topological polar surface area (TPSA) is 59.1 Å². The monoisotopic (exact) mass is 398 g/mol. The lowest BCUT2D eigenvalue weighted by Gasteiger charge is -2.36. The van der Waals surface area contributed by atoms with Gasteiger partial charge in [-0.25, -0.2) is 9.18 Å². The molecule has 29 heavy (non-hydrogen) atoms. The zero-order valence-electron chi connectivity index (χ0n) is 16.2. The number of benzene rings is 2. The van der Waals surface area contributed by atoms with E-state index in [1.165, 1.54) is 12.1 Å². The molecular formula is C22H23FN2O4. The Hall–Kier alpha value is -3.35. The molecule has 0 unspecified atom stereocenters. The Kier molecular flexibility index (Phi) is 6.84. The van der Waals surface area contributed by atoms with E-state index in [2.05, 4.69) is 0 Å². The molecule has 1 aliphatic rings. The molecule has 0 aromatic heterocycles. The largest absolute Gasteiger partial charge is 0.497 e. The molecule has 0 atom stereocenters. The van der Waals surface area contributed by atoms with E-state index < -0.39 is 5.97 Å². The highest BCUT2D eigenvalue weighted by Gasteiger charge is 2.23. The minimum Gasteiger partial charge on any atom is -0.497 e. The van der Waals surface area contributed by atoms with Crippen LogP contribution in [0.25, 0.3) is 6.08 Å². The SMILES string of the molecule is COc1cccc(/C=C/C(=O)OCC(=O)N2CCN(c3ccccc3F)CC2)c1. The van der Waals surface area contributed by atoms with Gasteiger partial charge in [0.1, 0.15) is 11.6 Å². The van der Waals surface area contributed by atoms with Gasteiger partial charge in [-0.1, -0.05) is 24.3 Å². The summed E-state index contributed by atoms with van der Waals surface area (Å²) in [5.74, 6) is -0.443. The van der Waals surface area contributed by atoms with Crippen molar-refractivity contribution in [1.29, 1.82) is 0 Å². The number of ether oxygens (including phenoxy) is 2. The van der Waals surface area contributed by atoms with Crippen molar-refractivity contribution in [3.05, 3.63) is 66.0 Å². The highest BCUT2D eigenvalue weighted by Crippen LogP contribution is 2.20. The summed E-state index contributed by atoms with van der Waals surface area (Å²) in [6.45, 7) is 1.63. The summed E-state index contributed by atoms with van der Waals surface area (Å²) in [5.41, 5.74) is 1.32. The van der Waals surface area contributed by atoms with Crippen LogP contribution in [0.4, 0.5) is 10.1 Å². The maximum Gasteiger partial charge on any atom is 0.331 e. The molecule has 2 aromatic carbocycles. The molecule has 0 spiro atoms. The fourth-order valence-corrected chi connectivity index (χ4v) is 3.09. The summed E-state index contributed by atoms with van der Waals surface area (Å²) in [7, 11) is 1.57. The van der Waals surface area contributed by atoms with E-state index >= 15 is 0 Å². The van der Waals surface area contributed by atoms with E-state index in [0.29, 0.717) is 37.6 Å². The van der Waals surface area contributed by atoms with Crippen molar-refractivity contribution in [2.24, 2.45) is 0 Å². The van der Waals surface area contributed by atoms with Crippen molar-refractivity contribution >= 4 is 23.6 Å². The highest BCUT2D eigenvalue weighted by molar-refractivity contribution is 5.89. The molecule has 1 fully saturated rings. The molecule has 1 heterocycles. The van der Waals surface area contributed by atoms with E-state index in [-0.39, 0.29) is 18.3 Å². The van der Waals surface area contributed by atoms with Gasteiger partial charge in [-0.3, -0.25) is 4.79 Å². The molecule has 1 aliphatic heterocycles. The summed E-state index contributed by atoms with van der Waals surface area (Å²) in [4.78, 5) is 27.7. The van der Waals surface area contributed by atoms with Crippen LogP contribution < -0.4 is 9.64 Å². The fraction of sp³-hybridized carbons (Fsp3) is 0.273. The molecule has 0 saturated carbocycles. The summed E-state index contributed by atoms with van der Waals surface area (Å²) >= 11 is 0. The molecule has 3 rings (SSSR count). The predicted molar refractivity (Wildman–Crippen MR) is 108 cm³/mol. The molecule has 1 saturated heterocycles. The van der Waals surface area contributed by atoms with Gasteiger partial charge in [0.15, 0.2) is 6.61 Å². The van der Waals surface area contributed by atoms with E-state index in [4.69, 9.17) is 9.47 Å². The van der Waals surface area contributed by atoms with Gasteiger partial charge in [-0.15, -0.1) is 0 Å². The fourth-order valence-electron chi connectivity index (χ4n) is 3.09. The average Bonchev–Trinajstić information content (AvgIpc) is 2.76. The number of nitrogens with zero attached hydrogens (tertiary/aromatic N) is 2. The first-order chi connectivity index (χ1) is 14.1. The normalized spacial score (nSPS) is 14.1. The quantitative estimate of drug-likeness (QED) is 0.553. The first-order valence-electron chi connectivity index (χ1n) is 9.33. The number of hydrogen-bond donors (Lipinski definition) is 0. The molecule has 6 nitrogen and oxygen atoms in total. The Morgan fingerprint density at radius 2 is 1.83 bits per heavy atom. The number of halogens is 1. The molecule has 7 heteroatoms. The standard InChI is InChI=1S/C22H23FN2O4/c1-28-18-6-4-5-17(15-18)9-10-22(27)29-16-21(26)25-13-11-24(12-14-25)20-8-3-2-7-19(20)23/h2-10,15H,11-14,16H2,1H3/b10-9+. The van der Waals surface area contributed by atoms with Crippen LogP contribution in [0.15, 0.2) is 54.6 Å². The molecule has 1 amide bonds. The number of carbonyl (C=O) groups is 2. The second-order valence-electron chi connectivity index (χ2n) is 6.54. The molecular weight excluding hydrogens is 375 g/mol. The van der Waals surface area contributed by atoms with E-state index in [1.54, 1.807) is 48.4 Å². The van der Waals surface area contributed by atoms with Gasteiger partial charge < -0.3 is 19.3 Å². The number of amides is 1. The van der Waals surface area contributed by atoms with Crippen LogP contribution in [0, 0.1) is 5.82 Å². The van der Waals surface area contributed by atoms with Crippen molar-refractivity contribution in [3.8, 4) is 5.75 Å². The van der Waals surface area contributed by atoms with Crippen LogP contribution in [0.2, 0.25) is 0 Å². The Bertz CT molecular complexity index is 892. The van der Waals surface area contributed by atoms with Crippen molar-refractivity contribution in [1.82, 2.24) is 4.90 Å². The Morgan fingerprint density at radius 1 is 1.07 bits per heavy atom. The molecule has 0 radical (unpaired) electrons. The van der Waals surface area contributed by atoms with Gasteiger partial charge in [0.05, 0.1) is 12.8 Å². The van der Waals surface area contributed by atoms with Crippen LogP contribution in [0.3, 0.4) is 0 Å². The Labute approximate surface area is 169 Å².